The van der Waals surface area contributed by atoms with Gasteiger partial charge in [0.1, 0.15) is 6.61 Å². The van der Waals surface area contributed by atoms with E-state index in [-0.39, 0.29) is 18.6 Å². The molecule has 4 aliphatic heterocycles. The van der Waals surface area contributed by atoms with Crippen LogP contribution in [0.1, 0.15) is 43.4 Å². The van der Waals surface area contributed by atoms with Crippen LogP contribution in [0.15, 0.2) is 152 Å². The number of carbonyl (C=O) groups is 1. The van der Waals surface area contributed by atoms with Crippen molar-refractivity contribution < 1.29 is 14.6 Å². The van der Waals surface area contributed by atoms with Crippen molar-refractivity contribution in [2.24, 2.45) is 0 Å². The van der Waals surface area contributed by atoms with Crippen LogP contribution >= 0.6 is 35.1 Å². The Morgan fingerprint density at radius 3 is 2.00 bits per heavy atom. The van der Waals surface area contributed by atoms with Gasteiger partial charge in [-0.05, 0) is 127 Å². The number of likely N-dealkylation sites (N-methyl/N-ethyl adjacent to an activating group) is 1. The number of esters is 1. The molecular formula is C54H55ClN6O4S2. The molecule has 13 heteroatoms. The van der Waals surface area contributed by atoms with Crippen molar-refractivity contribution in [3.05, 3.63) is 159 Å². The number of hydrogen-bond donors (Lipinski definition) is 1. The largest absolute Gasteiger partial charge is 0.458 e. The highest BCUT2D eigenvalue weighted by Crippen LogP contribution is 2.50. The Morgan fingerprint density at radius 1 is 0.776 bits per heavy atom. The van der Waals surface area contributed by atoms with Gasteiger partial charge in [-0.1, -0.05) is 96.6 Å². The molecule has 4 aliphatic rings. The number of aliphatic hydroxyl groups is 1. The highest BCUT2D eigenvalue weighted by atomic mass is 35.5. The molecule has 5 aromatic carbocycles. The molecule has 0 fully saturated rings. The smallest absolute Gasteiger partial charge is 0.343 e. The first-order valence-electron chi connectivity index (χ1n) is 22.7. The fourth-order valence-corrected chi connectivity index (χ4v) is 11.3. The van der Waals surface area contributed by atoms with E-state index < -0.39 is 11.6 Å². The number of halogens is 1. The number of hydrogen-bond acceptors (Lipinski definition) is 11. The summed E-state index contributed by atoms with van der Waals surface area (Å²) in [5.74, 6) is -0.707. The van der Waals surface area contributed by atoms with Gasteiger partial charge in [0.25, 0.3) is 5.56 Å². The quantitative estimate of drug-likeness (QED) is 0.148. The topological polar surface area (TPSA) is 94.4 Å². The maximum absolute atomic E-state index is 13.0. The van der Waals surface area contributed by atoms with Crippen molar-refractivity contribution in [3.8, 4) is 11.4 Å². The fourth-order valence-electron chi connectivity index (χ4n) is 8.92. The van der Waals surface area contributed by atoms with Crippen molar-refractivity contribution in [1.82, 2.24) is 19.4 Å². The second kappa shape index (κ2) is 19.6. The summed E-state index contributed by atoms with van der Waals surface area (Å²) >= 11 is 9.90. The van der Waals surface area contributed by atoms with Crippen molar-refractivity contribution in [1.29, 1.82) is 0 Å². The van der Waals surface area contributed by atoms with Crippen LogP contribution in [-0.4, -0.2) is 84.3 Å². The van der Waals surface area contributed by atoms with Crippen LogP contribution in [-0.2, 0) is 28.3 Å². The Labute approximate surface area is 406 Å². The van der Waals surface area contributed by atoms with Crippen molar-refractivity contribution in [2.45, 2.75) is 71.1 Å². The third-order valence-electron chi connectivity index (χ3n) is 12.9. The van der Waals surface area contributed by atoms with Gasteiger partial charge >= 0.3 is 5.97 Å². The van der Waals surface area contributed by atoms with Crippen LogP contribution in [0, 0.1) is 0 Å². The normalized spacial score (nSPS) is 16.5. The summed E-state index contributed by atoms with van der Waals surface area (Å²) in [7, 11) is 8.51. The second-order valence-corrected chi connectivity index (χ2v) is 20.3. The van der Waals surface area contributed by atoms with Gasteiger partial charge in [-0.25, -0.2) is 9.78 Å². The highest BCUT2D eigenvalue weighted by Gasteiger charge is 2.45. The first-order chi connectivity index (χ1) is 32.3. The van der Waals surface area contributed by atoms with Crippen LogP contribution in [0.25, 0.3) is 22.3 Å². The van der Waals surface area contributed by atoms with E-state index in [2.05, 4.69) is 140 Å². The molecule has 2 aromatic heterocycles. The summed E-state index contributed by atoms with van der Waals surface area (Å²) in [6.07, 6.45) is 1.26. The average molecular weight is 952 g/mol. The van der Waals surface area contributed by atoms with E-state index in [9.17, 15) is 14.7 Å². The Hall–Kier alpha value is -5.60. The van der Waals surface area contributed by atoms with Crippen LogP contribution in [0.5, 0.6) is 0 Å². The second-order valence-electron chi connectivity index (χ2n) is 17.7. The molecule has 1 unspecified atom stereocenters. The lowest BCUT2D eigenvalue weighted by Crippen LogP contribution is -2.44. The number of fused-ring (bicyclic) bond motifs is 9. The number of cyclic esters (lactones) is 1. The van der Waals surface area contributed by atoms with Gasteiger partial charge in [0.2, 0.25) is 0 Å². The summed E-state index contributed by atoms with van der Waals surface area (Å²) in [6.45, 7) is 7.37. The molecule has 67 heavy (non-hydrogen) atoms. The van der Waals surface area contributed by atoms with Gasteiger partial charge in [0.15, 0.2) is 5.60 Å². The number of ether oxygens (including phenoxy) is 1. The molecular weight excluding hydrogens is 896 g/mol. The summed E-state index contributed by atoms with van der Waals surface area (Å²) in [4.78, 5) is 44.5. The van der Waals surface area contributed by atoms with E-state index >= 15 is 0 Å². The van der Waals surface area contributed by atoms with Crippen LogP contribution < -0.4 is 15.4 Å². The van der Waals surface area contributed by atoms with E-state index in [1.165, 1.54) is 42.3 Å². The van der Waals surface area contributed by atoms with Gasteiger partial charge in [0, 0.05) is 60.2 Å². The maximum Gasteiger partial charge on any atom is 0.343 e. The number of carbonyl (C=O) groups excluding carboxylic acids is 1. The number of anilines is 4. The minimum absolute atomic E-state index is 0.110. The third kappa shape index (κ3) is 9.23. The van der Waals surface area contributed by atoms with E-state index in [0.29, 0.717) is 29.4 Å². The number of nitrogens with zero attached hydrogens (tertiary/aromatic N) is 6. The molecule has 0 spiro atoms. The third-order valence-corrected chi connectivity index (χ3v) is 15.3. The van der Waals surface area contributed by atoms with Gasteiger partial charge in [-0.3, -0.25) is 4.79 Å². The summed E-state index contributed by atoms with van der Waals surface area (Å²) in [6, 6.07) is 44.2. The predicted octanol–water partition coefficient (Wildman–Crippen LogP) is 11.2. The molecule has 0 radical (unpaired) electrons. The number of benzene rings is 5. The Balaban J connectivity index is 0.000000127. The average Bonchev–Trinajstić information content (AvgIpc) is 3.69. The van der Waals surface area contributed by atoms with E-state index in [0.717, 1.165) is 53.2 Å². The Bertz CT molecular complexity index is 3010. The number of pyridine rings is 2. The summed E-state index contributed by atoms with van der Waals surface area (Å²) in [5.41, 5.74) is 6.98. The van der Waals surface area contributed by atoms with E-state index in [1.807, 2.05) is 59.9 Å². The number of rotatable bonds is 8. The van der Waals surface area contributed by atoms with Gasteiger partial charge in [-0.15, -0.1) is 0 Å². The zero-order chi connectivity index (χ0) is 47.0. The predicted molar refractivity (Wildman–Crippen MR) is 274 cm³/mol. The van der Waals surface area contributed by atoms with Gasteiger partial charge in [0.05, 0.1) is 51.8 Å². The first kappa shape index (κ1) is 46.5. The monoisotopic (exact) mass is 950 g/mol. The molecule has 0 saturated heterocycles. The molecule has 344 valence electrons. The van der Waals surface area contributed by atoms with Crippen LogP contribution in [0.3, 0.4) is 0 Å². The van der Waals surface area contributed by atoms with Crippen molar-refractivity contribution in [3.63, 3.8) is 0 Å². The lowest BCUT2D eigenvalue weighted by molar-refractivity contribution is -0.172. The maximum atomic E-state index is 13.0. The minimum atomic E-state index is -1.79. The summed E-state index contributed by atoms with van der Waals surface area (Å²) < 4.78 is 6.72. The van der Waals surface area contributed by atoms with Crippen LogP contribution in [0.2, 0.25) is 5.02 Å². The molecule has 11 rings (SSSR count). The van der Waals surface area contributed by atoms with Gasteiger partial charge in [-0.2, -0.15) is 0 Å². The highest BCUT2D eigenvalue weighted by molar-refractivity contribution is 8.00. The van der Waals surface area contributed by atoms with E-state index in [4.69, 9.17) is 21.3 Å². The number of para-hydroxylation sites is 4. The minimum Gasteiger partial charge on any atom is -0.458 e. The SMILES string of the molecule is CC(CN1c2ccccc2Sc2ccccc21)N(C)C.CC[C@@]1(O)C(=O)OCc2c1cc1n(c2=O)Cc2cc3ccccc3nc2-1.CN(C)CCCN1c2ccccc2Sc2ccc(Cl)cc21. The lowest BCUT2D eigenvalue weighted by Gasteiger charge is -2.36. The van der Waals surface area contributed by atoms with Gasteiger partial charge < -0.3 is 34.0 Å². The van der Waals surface area contributed by atoms with Crippen molar-refractivity contribution in [2.75, 3.05) is 57.6 Å². The molecule has 7 aromatic rings. The van der Waals surface area contributed by atoms with Crippen molar-refractivity contribution >= 4 is 74.7 Å². The lowest BCUT2D eigenvalue weighted by atomic mass is 9.86. The zero-order valence-electron chi connectivity index (χ0n) is 38.7. The van der Waals surface area contributed by atoms with Crippen LogP contribution in [0.4, 0.5) is 22.7 Å². The van der Waals surface area contributed by atoms with E-state index in [1.54, 1.807) is 17.6 Å². The molecule has 2 atom stereocenters. The molecule has 0 amide bonds. The first-order valence-corrected chi connectivity index (χ1v) is 24.7. The number of aromatic nitrogens is 2. The molecule has 1 N–H and O–H groups in total. The fraction of sp³-hybridized carbons (Fsp3) is 0.278. The zero-order valence-corrected chi connectivity index (χ0v) is 41.1. The standard InChI is InChI=1S/C20H16N2O4.C17H19ClN2S.C17H20N2S/c1-2-20(25)14-8-16-17-12(7-11-5-3-4-6-15(11)21-17)9-22(16)18(23)13(14)10-26-19(20)24;1-19(2)10-5-11-20-14-6-3-4-7-16(14)21-17-9-8-13(18)12-15(17)20;1-13(18(2)3)12-19-14-8-4-6-10-16(14)20-17-11-7-5-9-15(17)19/h3-8,25H,2,9-10H2,1H3;3-4,6-9,12H,5,10-11H2,1-2H3;4-11,13H,12H2,1-3H3/t20-;;/m0../s1. The Kier molecular flexibility index (Phi) is 13.6. The molecule has 0 aliphatic carbocycles. The summed E-state index contributed by atoms with van der Waals surface area (Å²) in [5, 5.41) is 12.6. The molecule has 0 saturated carbocycles. The molecule has 10 nitrogen and oxygen atoms in total. The molecule has 0 bridgehead atoms. The molecule has 6 heterocycles. The Morgan fingerprint density at radius 2 is 1.37 bits per heavy atom.